The molecule has 0 aliphatic heterocycles. The van der Waals surface area contributed by atoms with Crippen molar-refractivity contribution < 1.29 is 18.7 Å². The Morgan fingerprint density at radius 3 is 2.74 bits per heavy atom. The van der Waals surface area contributed by atoms with Crippen LogP contribution < -0.4 is 4.90 Å². The first-order valence-corrected chi connectivity index (χ1v) is 9.12. The van der Waals surface area contributed by atoms with Gasteiger partial charge in [0.1, 0.15) is 32.3 Å². The fourth-order valence-corrected chi connectivity index (χ4v) is 3.55. The normalized spacial score (nSPS) is 11.6. The highest BCUT2D eigenvalue weighted by Gasteiger charge is 2.22. The minimum absolute atomic E-state index is 0.135. The zero-order chi connectivity index (χ0) is 19.3. The van der Waals surface area contributed by atoms with Gasteiger partial charge in [-0.2, -0.15) is 0 Å². The Morgan fingerprint density at radius 2 is 2.04 bits per heavy atom. The topological polar surface area (TPSA) is 79.5 Å². The SMILES string of the molecule is CC(C)N(C)c1nc2sc(C(=O)O)cc2nc1-c1cc2cc(F)ccc2o1. The molecule has 3 heterocycles. The van der Waals surface area contributed by atoms with Crippen LogP contribution in [-0.2, 0) is 0 Å². The number of fused-ring (bicyclic) bond motifs is 2. The van der Waals surface area contributed by atoms with Crippen LogP contribution in [0.3, 0.4) is 0 Å². The highest BCUT2D eigenvalue weighted by molar-refractivity contribution is 7.20. The van der Waals surface area contributed by atoms with E-state index in [2.05, 4.69) is 9.97 Å². The molecule has 0 unspecified atom stereocenters. The summed E-state index contributed by atoms with van der Waals surface area (Å²) in [4.78, 5) is 23.2. The average molecular weight is 385 g/mol. The maximum absolute atomic E-state index is 13.5. The molecule has 27 heavy (non-hydrogen) atoms. The predicted octanol–water partition coefficient (Wildman–Crippen LogP) is 4.79. The van der Waals surface area contributed by atoms with Crippen LogP contribution in [0, 0.1) is 5.82 Å². The fraction of sp³-hybridized carbons (Fsp3) is 0.211. The number of thiophene rings is 1. The first kappa shape index (κ1) is 17.4. The van der Waals surface area contributed by atoms with Gasteiger partial charge in [0.2, 0.25) is 0 Å². The number of halogens is 1. The third-order valence-electron chi connectivity index (χ3n) is 4.38. The smallest absolute Gasteiger partial charge is 0.346 e. The molecule has 0 amide bonds. The maximum Gasteiger partial charge on any atom is 0.346 e. The van der Waals surface area contributed by atoms with Gasteiger partial charge in [-0.1, -0.05) is 0 Å². The lowest BCUT2D eigenvalue weighted by molar-refractivity contribution is 0.0702. The molecule has 0 radical (unpaired) electrons. The van der Waals surface area contributed by atoms with Crippen LogP contribution in [0.2, 0.25) is 0 Å². The lowest BCUT2D eigenvalue weighted by Crippen LogP contribution is -2.27. The summed E-state index contributed by atoms with van der Waals surface area (Å²) in [5.74, 6) is -0.328. The van der Waals surface area contributed by atoms with E-state index in [1.807, 2.05) is 25.8 Å². The third-order valence-corrected chi connectivity index (χ3v) is 5.38. The third kappa shape index (κ3) is 3.02. The molecule has 3 aromatic heterocycles. The Labute approximate surface area is 157 Å². The van der Waals surface area contributed by atoms with E-state index in [9.17, 15) is 14.3 Å². The monoisotopic (exact) mass is 385 g/mol. The lowest BCUT2D eigenvalue weighted by Gasteiger charge is -2.23. The van der Waals surface area contributed by atoms with Crippen molar-refractivity contribution in [2.24, 2.45) is 0 Å². The van der Waals surface area contributed by atoms with Gasteiger partial charge in [0.05, 0.1) is 0 Å². The lowest BCUT2D eigenvalue weighted by atomic mass is 10.2. The molecule has 0 bridgehead atoms. The van der Waals surface area contributed by atoms with Gasteiger partial charge in [0.25, 0.3) is 0 Å². The van der Waals surface area contributed by atoms with E-state index in [1.54, 1.807) is 12.1 Å². The summed E-state index contributed by atoms with van der Waals surface area (Å²) >= 11 is 1.08. The Morgan fingerprint density at radius 1 is 1.26 bits per heavy atom. The molecule has 1 aromatic carbocycles. The van der Waals surface area contributed by atoms with Gasteiger partial charge in [-0.25, -0.2) is 19.2 Å². The zero-order valence-corrected chi connectivity index (χ0v) is 15.7. The van der Waals surface area contributed by atoms with E-state index in [-0.39, 0.29) is 16.7 Å². The largest absolute Gasteiger partial charge is 0.477 e. The number of hydrogen-bond acceptors (Lipinski definition) is 6. The molecule has 0 aliphatic rings. The molecule has 0 saturated heterocycles. The number of carboxylic acid groups (broad SMARTS) is 1. The number of carboxylic acids is 1. The minimum Gasteiger partial charge on any atom is -0.477 e. The molecule has 0 atom stereocenters. The molecule has 0 saturated carbocycles. The number of aromatic nitrogens is 2. The van der Waals surface area contributed by atoms with Crippen molar-refractivity contribution in [3.8, 4) is 11.5 Å². The Hall–Kier alpha value is -3.00. The molecular weight excluding hydrogens is 369 g/mol. The molecule has 8 heteroatoms. The Bertz CT molecular complexity index is 1180. The molecule has 138 valence electrons. The summed E-state index contributed by atoms with van der Waals surface area (Å²) < 4.78 is 19.4. The molecule has 6 nitrogen and oxygen atoms in total. The Kier molecular flexibility index (Phi) is 4.07. The van der Waals surface area contributed by atoms with Gasteiger partial charge < -0.3 is 14.4 Å². The van der Waals surface area contributed by atoms with Crippen LogP contribution in [-0.4, -0.2) is 34.1 Å². The number of nitrogens with zero attached hydrogens (tertiary/aromatic N) is 3. The maximum atomic E-state index is 13.5. The summed E-state index contributed by atoms with van der Waals surface area (Å²) in [6, 6.07) is 7.66. The van der Waals surface area contributed by atoms with Crippen LogP contribution in [0.25, 0.3) is 32.8 Å². The van der Waals surface area contributed by atoms with Crippen LogP contribution in [0.15, 0.2) is 34.7 Å². The number of anilines is 1. The minimum atomic E-state index is -1.01. The Balaban J connectivity index is 1.97. The predicted molar refractivity (Wildman–Crippen MR) is 103 cm³/mol. The van der Waals surface area contributed by atoms with E-state index >= 15 is 0 Å². The van der Waals surface area contributed by atoms with Crippen molar-refractivity contribution in [2.45, 2.75) is 19.9 Å². The van der Waals surface area contributed by atoms with Gasteiger partial charge in [0, 0.05) is 18.5 Å². The average Bonchev–Trinajstić information content (AvgIpc) is 3.22. The van der Waals surface area contributed by atoms with E-state index in [0.29, 0.717) is 38.6 Å². The van der Waals surface area contributed by atoms with Gasteiger partial charge >= 0.3 is 5.97 Å². The van der Waals surface area contributed by atoms with Crippen molar-refractivity contribution in [2.75, 3.05) is 11.9 Å². The van der Waals surface area contributed by atoms with Crippen LogP contribution in [0.4, 0.5) is 10.2 Å². The molecule has 4 rings (SSSR count). The second-order valence-corrected chi connectivity index (χ2v) is 7.53. The summed E-state index contributed by atoms with van der Waals surface area (Å²) in [6.45, 7) is 4.03. The van der Waals surface area contributed by atoms with Crippen LogP contribution >= 0.6 is 11.3 Å². The summed E-state index contributed by atoms with van der Waals surface area (Å²) in [6.07, 6.45) is 0. The van der Waals surface area contributed by atoms with Gasteiger partial charge in [-0.05, 0) is 44.2 Å². The second kappa shape index (κ2) is 6.31. The van der Waals surface area contributed by atoms with Crippen molar-refractivity contribution >= 4 is 44.4 Å². The number of carbonyl (C=O) groups is 1. The standard InChI is InChI=1S/C19H16FN3O3S/c1-9(2)23(3)17-16(14-7-10-6-11(20)4-5-13(10)26-14)21-12-8-15(19(24)25)27-18(12)22-17/h4-9H,1-3H3,(H,24,25). The number of rotatable bonds is 4. The van der Waals surface area contributed by atoms with Gasteiger partial charge in [0.15, 0.2) is 11.6 Å². The van der Waals surface area contributed by atoms with Gasteiger partial charge in [-0.3, -0.25) is 0 Å². The number of furan rings is 1. The quantitative estimate of drug-likeness (QED) is 0.544. The molecule has 1 N–H and O–H groups in total. The molecule has 0 spiro atoms. The van der Waals surface area contributed by atoms with E-state index in [1.165, 1.54) is 18.2 Å². The summed E-state index contributed by atoms with van der Waals surface area (Å²) in [5, 5.41) is 9.88. The zero-order valence-electron chi connectivity index (χ0n) is 14.9. The van der Waals surface area contributed by atoms with E-state index in [4.69, 9.17) is 4.42 Å². The van der Waals surface area contributed by atoms with Crippen molar-refractivity contribution in [3.05, 3.63) is 41.0 Å². The van der Waals surface area contributed by atoms with Crippen molar-refractivity contribution in [1.82, 2.24) is 9.97 Å². The van der Waals surface area contributed by atoms with E-state index in [0.717, 1.165) is 11.3 Å². The molecule has 4 aromatic rings. The highest BCUT2D eigenvalue weighted by Crippen LogP contribution is 2.36. The van der Waals surface area contributed by atoms with Crippen molar-refractivity contribution in [1.29, 1.82) is 0 Å². The van der Waals surface area contributed by atoms with Crippen LogP contribution in [0.5, 0.6) is 0 Å². The van der Waals surface area contributed by atoms with Gasteiger partial charge in [-0.15, -0.1) is 11.3 Å². The fourth-order valence-electron chi connectivity index (χ4n) is 2.74. The molecular formula is C19H16FN3O3S. The number of aromatic carboxylic acids is 1. The molecule has 0 aliphatic carbocycles. The van der Waals surface area contributed by atoms with Crippen LogP contribution in [0.1, 0.15) is 23.5 Å². The highest BCUT2D eigenvalue weighted by atomic mass is 32.1. The second-order valence-electron chi connectivity index (χ2n) is 6.50. The van der Waals surface area contributed by atoms with Crippen molar-refractivity contribution in [3.63, 3.8) is 0 Å². The first-order chi connectivity index (χ1) is 12.8. The number of benzene rings is 1. The summed E-state index contributed by atoms with van der Waals surface area (Å²) in [7, 11) is 1.89. The first-order valence-electron chi connectivity index (χ1n) is 8.30. The summed E-state index contributed by atoms with van der Waals surface area (Å²) in [5.41, 5.74) is 1.52. The number of hydrogen-bond donors (Lipinski definition) is 1. The molecule has 0 fully saturated rings. The van der Waals surface area contributed by atoms with E-state index < -0.39 is 5.97 Å².